The molecule has 1 fully saturated rings. The van der Waals surface area contributed by atoms with Gasteiger partial charge in [-0.3, -0.25) is 9.88 Å². The SMILES string of the molecule is CCCNC(C)C1CCCN(Cc2ccncc2)C1. The maximum Gasteiger partial charge on any atom is 0.0271 e. The van der Waals surface area contributed by atoms with Crippen molar-refractivity contribution >= 4 is 0 Å². The van der Waals surface area contributed by atoms with E-state index in [0.717, 1.165) is 19.0 Å². The van der Waals surface area contributed by atoms with Gasteiger partial charge in [-0.2, -0.15) is 0 Å². The van der Waals surface area contributed by atoms with Crippen molar-refractivity contribution in [3.63, 3.8) is 0 Å². The minimum atomic E-state index is 0.639. The average Bonchev–Trinajstić information content (AvgIpc) is 2.46. The number of nitrogens with one attached hydrogen (secondary N) is 1. The number of nitrogens with zero attached hydrogens (tertiary/aromatic N) is 2. The first-order chi connectivity index (χ1) is 9.29. The Bertz CT molecular complexity index is 352. The van der Waals surface area contributed by atoms with E-state index in [0.29, 0.717) is 6.04 Å². The number of hydrogen-bond donors (Lipinski definition) is 1. The van der Waals surface area contributed by atoms with Gasteiger partial charge in [0.2, 0.25) is 0 Å². The average molecular weight is 261 g/mol. The van der Waals surface area contributed by atoms with Crippen molar-refractivity contribution in [1.82, 2.24) is 15.2 Å². The summed E-state index contributed by atoms with van der Waals surface area (Å²) >= 11 is 0. The van der Waals surface area contributed by atoms with Crippen molar-refractivity contribution in [3.05, 3.63) is 30.1 Å². The van der Waals surface area contributed by atoms with Crippen LogP contribution in [0.15, 0.2) is 24.5 Å². The van der Waals surface area contributed by atoms with Gasteiger partial charge in [0.15, 0.2) is 0 Å². The molecule has 19 heavy (non-hydrogen) atoms. The van der Waals surface area contributed by atoms with Gasteiger partial charge in [0.1, 0.15) is 0 Å². The zero-order valence-corrected chi connectivity index (χ0v) is 12.3. The van der Waals surface area contributed by atoms with E-state index in [2.05, 4.69) is 41.2 Å². The highest BCUT2D eigenvalue weighted by molar-refractivity contribution is 5.09. The van der Waals surface area contributed by atoms with Gasteiger partial charge < -0.3 is 5.32 Å². The fourth-order valence-electron chi connectivity index (χ4n) is 2.93. The van der Waals surface area contributed by atoms with Gasteiger partial charge >= 0.3 is 0 Å². The van der Waals surface area contributed by atoms with E-state index in [1.165, 1.54) is 37.9 Å². The summed E-state index contributed by atoms with van der Waals surface area (Å²) in [5.74, 6) is 0.794. The van der Waals surface area contributed by atoms with Crippen LogP contribution in [0.4, 0.5) is 0 Å². The molecule has 1 aliphatic heterocycles. The van der Waals surface area contributed by atoms with Crippen LogP contribution in [0, 0.1) is 5.92 Å². The highest BCUT2D eigenvalue weighted by atomic mass is 15.1. The van der Waals surface area contributed by atoms with Gasteiger partial charge in [-0.25, -0.2) is 0 Å². The number of pyridine rings is 1. The molecule has 1 N–H and O–H groups in total. The first kappa shape index (κ1) is 14.5. The lowest BCUT2D eigenvalue weighted by molar-refractivity contribution is 0.144. The molecule has 1 aromatic rings. The second-order valence-electron chi connectivity index (χ2n) is 5.74. The number of hydrogen-bond acceptors (Lipinski definition) is 3. The van der Waals surface area contributed by atoms with Gasteiger partial charge in [0, 0.05) is 31.5 Å². The van der Waals surface area contributed by atoms with Crippen LogP contribution in [0.5, 0.6) is 0 Å². The first-order valence-corrected chi connectivity index (χ1v) is 7.64. The lowest BCUT2D eigenvalue weighted by atomic mass is 9.91. The summed E-state index contributed by atoms with van der Waals surface area (Å²) in [6.45, 7) is 9.24. The Hall–Kier alpha value is -0.930. The minimum absolute atomic E-state index is 0.639. The van der Waals surface area contributed by atoms with Crippen LogP contribution in [0.1, 0.15) is 38.7 Å². The van der Waals surface area contributed by atoms with Crippen LogP contribution in [0.3, 0.4) is 0 Å². The Balaban J connectivity index is 1.83. The van der Waals surface area contributed by atoms with Gasteiger partial charge in [-0.05, 0) is 62.9 Å². The van der Waals surface area contributed by atoms with Crippen molar-refractivity contribution in [2.24, 2.45) is 5.92 Å². The van der Waals surface area contributed by atoms with Gasteiger partial charge in [0.05, 0.1) is 0 Å². The maximum atomic E-state index is 4.09. The zero-order chi connectivity index (χ0) is 13.5. The molecule has 0 radical (unpaired) electrons. The maximum absolute atomic E-state index is 4.09. The highest BCUT2D eigenvalue weighted by Crippen LogP contribution is 2.21. The lowest BCUT2D eigenvalue weighted by Gasteiger charge is -2.36. The molecule has 0 amide bonds. The topological polar surface area (TPSA) is 28.2 Å². The number of piperidine rings is 1. The summed E-state index contributed by atoms with van der Waals surface area (Å²) in [6.07, 6.45) is 7.70. The third kappa shape index (κ3) is 4.59. The summed E-state index contributed by atoms with van der Waals surface area (Å²) in [7, 11) is 0. The van der Waals surface area contributed by atoms with Crippen LogP contribution in [0.25, 0.3) is 0 Å². The Morgan fingerprint density at radius 1 is 1.42 bits per heavy atom. The summed E-state index contributed by atoms with van der Waals surface area (Å²) in [5.41, 5.74) is 1.38. The van der Waals surface area contributed by atoms with Crippen molar-refractivity contribution < 1.29 is 0 Å². The molecule has 1 aromatic heterocycles. The van der Waals surface area contributed by atoms with Crippen molar-refractivity contribution in [3.8, 4) is 0 Å². The van der Waals surface area contributed by atoms with Crippen LogP contribution >= 0.6 is 0 Å². The second kappa shape index (κ2) is 7.61. The number of likely N-dealkylation sites (tertiary alicyclic amines) is 1. The zero-order valence-electron chi connectivity index (χ0n) is 12.3. The Morgan fingerprint density at radius 3 is 2.95 bits per heavy atom. The van der Waals surface area contributed by atoms with E-state index in [9.17, 15) is 0 Å². The quantitative estimate of drug-likeness (QED) is 0.853. The van der Waals surface area contributed by atoms with Crippen molar-refractivity contribution in [2.45, 2.75) is 45.7 Å². The molecule has 2 rings (SSSR count). The third-order valence-electron chi connectivity index (χ3n) is 4.12. The first-order valence-electron chi connectivity index (χ1n) is 7.64. The lowest BCUT2D eigenvalue weighted by Crippen LogP contribution is -2.44. The number of aromatic nitrogens is 1. The Kier molecular flexibility index (Phi) is 5.80. The fourth-order valence-corrected chi connectivity index (χ4v) is 2.93. The molecule has 0 aliphatic carbocycles. The van der Waals surface area contributed by atoms with E-state index in [1.54, 1.807) is 0 Å². The molecule has 3 heteroatoms. The standard InChI is InChI=1S/C16H27N3/c1-3-8-18-14(2)16-5-4-11-19(13-16)12-15-6-9-17-10-7-15/h6-7,9-10,14,16,18H,3-5,8,11-13H2,1-2H3. The summed E-state index contributed by atoms with van der Waals surface area (Å²) in [6, 6.07) is 4.89. The summed E-state index contributed by atoms with van der Waals surface area (Å²) < 4.78 is 0. The third-order valence-corrected chi connectivity index (χ3v) is 4.12. The predicted octanol–water partition coefficient (Wildman–Crippen LogP) is 2.68. The van der Waals surface area contributed by atoms with Gasteiger partial charge in [-0.15, -0.1) is 0 Å². The Morgan fingerprint density at radius 2 is 2.21 bits per heavy atom. The molecule has 1 aliphatic rings. The molecule has 3 nitrogen and oxygen atoms in total. The predicted molar refractivity (Wildman–Crippen MR) is 80.0 cm³/mol. The molecule has 2 heterocycles. The summed E-state index contributed by atoms with van der Waals surface area (Å²) in [4.78, 5) is 6.68. The molecule has 2 unspecified atom stereocenters. The minimum Gasteiger partial charge on any atom is -0.314 e. The second-order valence-corrected chi connectivity index (χ2v) is 5.74. The normalized spacial score (nSPS) is 22.3. The molecular weight excluding hydrogens is 234 g/mol. The smallest absolute Gasteiger partial charge is 0.0271 e. The van der Waals surface area contributed by atoms with E-state index < -0.39 is 0 Å². The molecule has 0 spiro atoms. The van der Waals surface area contributed by atoms with Crippen molar-refractivity contribution in [2.75, 3.05) is 19.6 Å². The molecule has 0 saturated carbocycles. The van der Waals surface area contributed by atoms with Crippen LogP contribution in [0.2, 0.25) is 0 Å². The molecule has 1 saturated heterocycles. The highest BCUT2D eigenvalue weighted by Gasteiger charge is 2.24. The molecule has 0 aromatic carbocycles. The summed E-state index contributed by atoms with van der Waals surface area (Å²) in [5, 5.41) is 3.65. The van der Waals surface area contributed by atoms with Crippen LogP contribution < -0.4 is 5.32 Å². The fraction of sp³-hybridized carbons (Fsp3) is 0.688. The van der Waals surface area contributed by atoms with Crippen LogP contribution in [-0.4, -0.2) is 35.6 Å². The molecule has 106 valence electrons. The number of rotatable bonds is 6. The molecule has 0 bridgehead atoms. The Labute approximate surface area is 117 Å². The molecule has 2 atom stereocenters. The largest absolute Gasteiger partial charge is 0.314 e. The monoisotopic (exact) mass is 261 g/mol. The van der Waals surface area contributed by atoms with E-state index in [1.807, 2.05) is 12.4 Å². The van der Waals surface area contributed by atoms with Gasteiger partial charge in [-0.1, -0.05) is 6.92 Å². The van der Waals surface area contributed by atoms with E-state index in [4.69, 9.17) is 0 Å². The molecular formula is C16H27N3. The van der Waals surface area contributed by atoms with E-state index in [-0.39, 0.29) is 0 Å². The van der Waals surface area contributed by atoms with E-state index >= 15 is 0 Å². The van der Waals surface area contributed by atoms with Gasteiger partial charge in [0.25, 0.3) is 0 Å². The van der Waals surface area contributed by atoms with Crippen molar-refractivity contribution in [1.29, 1.82) is 0 Å². The van der Waals surface area contributed by atoms with Crippen LogP contribution in [-0.2, 0) is 6.54 Å².